The SMILES string of the molecule is CCCCc1ccc(-c2nc(C(=O)OCC)cs2)cc1. The molecule has 0 fully saturated rings. The molecule has 0 radical (unpaired) electrons. The van der Waals surface area contributed by atoms with Crippen molar-refractivity contribution < 1.29 is 9.53 Å². The summed E-state index contributed by atoms with van der Waals surface area (Å²) in [4.78, 5) is 15.9. The molecular formula is C16H19NO2S. The smallest absolute Gasteiger partial charge is 0.357 e. The van der Waals surface area contributed by atoms with Crippen LogP contribution >= 0.6 is 11.3 Å². The molecule has 106 valence electrons. The van der Waals surface area contributed by atoms with Gasteiger partial charge in [0.2, 0.25) is 0 Å². The number of carbonyl (C=O) groups is 1. The van der Waals surface area contributed by atoms with Gasteiger partial charge in [-0.05, 0) is 25.3 Å². The minimum absolute atomic E-state index is 0.352. The van der Waals surface area contributed by atoms with Gasteiger partial charge in [0.05, 0.1) is 6.61 Å². The molecule has 1 heterocycles. The Kier molecular flexibility index (Phi) is 5.30. The zero-order chi connectivity index (χ0) is 14.4. The van der Waals surface area contributed by atoms with Gasteiger partial charge in [0.1, 0.15) is 5.01 Å². The first-order valence-corrected chi connectivity index (χ1v) is 7.84. The summed E-state index contributed by atoms with van der Waals surface area (Å²) in [6.45, 7) is 4.36. The van der Waals surface area contributed by atoms with E-state index in [1.807, 2.05) is 0 Å². The van der Waals surface area contributed by atoms with Crippen LogP contribution in [0, 0.1) is 0 Å². The third-order valence-corrected chi connectivity index (χ3v) is 3.90. The summed E-state index contributed by atoms with van der Waals surface area (Å²) in [5, 5.41) is 2.60. The van der Waals surface area contributed by atoms with Crippen LogP contribution in [0.2, 0.25) is 0 Å². The molecule has 0 unspecified atom stereocenters. The Labute approximate surface area is 123 Å². The summed E-state index contributed by atoms with van der Waals surface area (Å²) < 4.78 is 4.95. The van der Waals surface area contributed by atoms with E-state index in [1.165, 1.54) is 29.7 Å². The summed E-state index contributed by atoms with van der Waals surface area (Å²) in [7, 11) is 0. The van der Waals surface area contributed by atoms with Gasteiger partial charge in [0, 0.05) is 10.9 Å². The number of hydrogen-bond acceptors (Lipinski definition) is 4. The molecule has 0 aliphatic heterocycles. The lowest BCUT2D eigenvalue weighted by Crippen LogP contribution is -2.04. The van der Waals surface area contributed by atoms with Crippen LogP contribution in [0.15, 0.2) is 29.6 Å². The Bertz CT molecular complexity index is 560. The van der Waals surface area contributed by atoms with Crippen LogP contribution in [0.25, 0.3) is 10.6 Å². The van der Waals surface area contributed by atoms with Crippen LogP contribution in [-0.2, 0) is 11.2 Å². The molecule has 4 heteroatoms. The van der Waals surface area contributed by atoms with E-state index in [4.69, 9.17) is 4.74 Å². The van der Waals surface area contributed by atoms with Gasteiger partial charge in [-0.15, -0.1) is 11.3 Å². The predicted molar refractivity (Wildman–Crippen MR) is 82.1 cm³/mol. The molecule has 3 nitrogen and oxygen atoms in total. The zero-order valence-electron chi connectivity index (χ0n) is 11.9. The topological polar surface area (TPSA) is 39.2 Å². The lowest BCUT2D eigenvalue weighted by Gasteiger charge is -2.01. The van der Waals surface area contributed by atoms with E-state index in [2.05, 4.69) is 36.2 Å². The van der Waals surface area contributed by atoms with Gasteiger partial charge < -0.3 is 4.74 Å². The first kappa shape index (κ1) is 14.7. The zero-order valence-corrected chi connectivity index (χ0v) is 12.7. The molecule has 2 rings (SSSR count). The number of rotatable bonds is 6. The van der Waals surface area contributed by atoms with Crippen LogP contribution in [0.3, 0.4) is 0 Å². The van der Waals surface area contributed by atoms with Crippen LogP contribution in [-0.4, -0.2) is 17.6 Å². The average Bonchev–Trinajstić information content (AvgIpc) is 2.96. The summed E-state index contributed by atoms with van der Waals surface area (Å²) in [5.74, 6) is -0.352. The third kappa shape index (κ3) is 3.67. The summed E-state index contributed by atoms with van der Waals surface area (Å²) in [6, 6.07) is 8.41. The molecule has 0 aliphatic carbocycles. The molecule has 0 aliphatic rings. The van der Waals surface area contributed by atoms with E-state index in [0.29, 0.717) is 12.3 Å². The second kappa shape index (κ2) is 7.20. The molecule has 20 heavy (non-hydrogen) atoms. The number of carbonyl (C=O) groups excluding carboxylic acids is 1. The molecule has 1 aromatic carbocycles. The standard InChI is InChI=1S/C16H19NO2S/c1-3-5-6-12-7-9-13(10-8-12)15-17-14(11-20-15)16(18)19-4-2/h7-11H,3-6H2,1-2H3. The van der Waals surface area contributed by atoms with Crippen LogP contribution < -0.4 is 0 Å². The molecular weight excluding hydrogens is 270 g/mol. The Morgan fingerprint density at radius 3 is 2.65 bits per heavy atom. The normalized spacial score (nSPS) is 10.5. The number of aryl methyl sites for hydroxylation is 1. The molecule has 0 atom stereocenters. The predicted octanol–water partition coefficient (Wildman–Crippen LogP) is 4.33. The summed E-state index contributed by atoms with van der Waals surface area (Å²) in [6.07, 6.45) is 3.53. The van der Waals surface area contributed by atoms with E-state index in [0.717, 1.165) is 17.0 Å². The highest BCUT2D eigenvalue weighted by Crippen LogP contribution is 2.24. The van der Waals surface area contributed by atoms with Crippen molar-refractivity contribution in [3.8, 4) is 10.6 Å². The number of nitrogens with zero attached hydrogens (tertiary/aromatic N) is 1. The van der Waals surface area contributed by atoms with E-state index >= 15 is 0 Å². The minimum atomic E-state index is -0.352. The Morgan fingerprint density at radius 1 is 1.25 bits per heavy atom. The molecule has 0 spiro atoms. The van der Waals surface area contributed by atoms with Crippen molar-refractivity contribution in [2.75, 3.05) is 6.61 Å². The lowest BCUT2D eigenvalue weighted by molar-refractivity contribution is 0.0520. The summed E-state index contributed by atoms with van der Waals surface area (Å²) >= 11 is 1.47. The van der Waals surface area contributed by atoms with Gasteiger partial charge in [-0.2, -0.15) is 0 Å². The monoisotopic (exact) mass is 289 g/mol. The Balaban J connectivity index is 2.09. The van der Waals surface area contributed by atoms with E-state index in [9.17, 15) is 4.79 Å². The van der Waals surface area contributed by atoms with Crippen molar-refractivity contribution in [3.63, 3.8) is 0 Å². The molecule has 0 amide bonds. The maximum absolute atomic E-state index is 11.6. The number of thiazole rings is 1. The van der Waals surface area contributed by atoms with Crippen LogP contribution in [0.5, 0.6) is 0 Å². The second-order valence-electron chi connectivity index (χ2n) is 4.56. The van der Waals surface area contributed by atoms with Gasteiger partial charge >= 0.3 is 5.97 Å². The fourth-order valence-electron chi connectivity index (χ4n) is 1.90. The second-order valence-corrected chi connectivity index (χ2v) is 5.42. The number of aromatic nitrogens is 1. The first-order valence-electron chi connectivity index (χ1n) is 6.96. The lowest BCUT2D eigenvalue weighted by atomic mass is 10.1. The third-order valence-electron chi connectivity index (χ3n) is 3.01. The number of unbranched alkanes of at least 4 members (excludes halogenated alkanes) is 1. The Morgan fingerprint density at radius 2 is 2.00 bits per heavy atom. The number of hydrogen-bond donors (Lipinski definition) is 0. The van der Waals surface area contributed by atoms with Crippen molar-refractivity contribution in [1.82, 2.24) is 4.98 Å². The van der Waals surface area contributed by atoms with Gasteiger partial charge in [-0.25, -0.2) is 9.78 Å². The first-order chi connectivity index (χ1) is 9.74. The Hall–Kier alpha value is -1.68. The highest BCUT2D eigenvalue weighted by molar-refractivity contribution is 7.13. The van der Waals surface area contributed by atoms with Crippen molar-refractivity contribution in [3.05, 3.63) is 40.9 Å². The van der Waals surface area contributed by atoms with E-state index in [1.54, 1.807) is 12.3 Å². The fraction of sp³-hybridized carbons (Fsp3) is 0.375. The molecule has 0 bridgehead atoms. The quantitative estimate of drug-likeness (QED) is 0.743. The van der Waals surface area contributed by atoms with Crippen molar-refractivity contribution in [2.45, 2.75) is 33.1 Å². The van der Waals surface area contributed by atoms with Crippen molar-refractivity contribution in [2.24, 2.45) is 0 Å². The number of benzene rings is 1. The largest absolute Gasteiger partial charge is 0.461 e. The van der Waals surface area contributed by atoms with Gasteiger partial charge in [-0.3, -0.25) is 0 Å². The van der Waals surface area contributed by atoms with Crippen LogP contribution in [0.1, 0.15) is 42.7 Å². The highest BCUT2D eigenvalue weighted by atomic mass is 32.1. The van der Waals surface area contributed by atoms with Gasteiger partial charge in [-0.1, -0.05) is 37.6 Å². The fourth-order valence-corrected chi connectivity index (χ4v) is 2.70. The maximum Gasteiger partial charge on any atom is 0.357 e. The maximum atomic E-state index is 11.6. The van der Waals surface area contributed by atoms with Crippen LogP contribution in [0.4, 0.5) is 0 Å². The van der Waals surface area contributed by atoms with Gasteiger partial charge in [0.25, 0.3) is 0 Å². The molecule has 0 saturated carbocycles. The molecule has 0 N–H and O–H groups in total. The van der Waals surface area contributed by atoms with Gasteiger partial charge in [0.15, 0.2) is 5.69 Å². The minimum Gasteiger partial charge on any atom is -0.461 e. The molecule has 2 aromatic rings. The van der Waals surface area contributed by atoms with E-state index < -0.39 is 0 Å². The van der Waals surface area contributed by atoms with Crippen molar-refractivity contribution >= 4 is 17.3 Å². The van der Waals surface area contributed by atoms with E-state index in [-0.39, 0.29) is 5.97 Å². The number of esters is 1. The molecule has 0 saturated heterocycles. The summed E-state index contributed by atoms with van der Waals surface area (Å²) in [5.41, 5.74) is 2.78. The number of ether oxygens (including phenoxy) is 1. The molecule has 1 aromatic heterocycles. The highest BCUT2D eigenvalue weighted by Gasteiger charge is 2.12. The average molecular weight is 289 g/mol. The van der Waals surface area contributed by atoms with Crippen molar-refractivity contribution in [1.29, 1.82) is 0 Å².